The molecule has 3 aromatic carbocycles. The maximum atomic E-state index is 14.0. The van der Waals surface area contributed by atoms with Crippen LogP contribution in [0.25, 0.3) is 6.08 Å². The van der Waals surface area contributed by atoms with E-state index in [9.17, 15) is 9.59 Å². The molecule has 1 aliphatic rings. The van der Waals surface area contributed by atoms with Crippen LogP contribution in [0.5, 0.6) is 17.2 Å². The lowest BCUT2D eigenvalue weighted by Crippen LogP contribution is -2.39. The molecule has 222 valence electrons. The van der Waals surface area contributed by atoms with Gasteiger partial charge in [0.1, 0.15) is 12.4 Å². The second-order valence-corrected chi connectivity index (χ2v) is 11.8. The molecule has 0 N–H and O–H groups in total. The first-order chi connectivity index (χ1) is 20.7. The number of aromatic nitrogens is 1. The molecule has 43 heavy (non-hydrogen) atoms. The summed E-state index contributed by atoms with van der Waals surface area (Å²) in [6, 6.07) is 17.6. The Morgan fingerprint density at radius 3 is 2.53 bits per heavy atom. The van der Waals surface area contributed by atoms with Crippen molar-refractivity contribution < 1.29 is 23.7 Å². The van der Waals surface area contributed by atoms with Gasteiger partial charge in [0.25, 0.3) is 5.56 Å². The molecule has 0 amide bonds. The van der Waals surface area contributed by atoms with Crippen LogP contribution in [-0.2, 0) is 16.1 Å². The molecule has 5 rings (SSSR count). The summed E-state index contributed by atoms with van der Waals surface area (Å²) in [5, 5.41) is 0.610. The van der Waals surface area contributed by atoms with Crippen molar-refractivity contribution in [3.63, 3.8) is 0 Å². The van der Waals surface area contributed by atoms with Gasteiger partial charge in [-0.2, -0.15) is 0 Å². The molecule has 8 nitrogen and oxygen atoms in total. The molecule has 1 aliphatic heterocycles. The average Bonchev–Trinajstić information content (AvgIpc) is 3.30. The van der Waals surface area contributed by atoms with Crippen molar-refractivity contribution in [1.29, 1.82) is 0 Å². The van der Waals surface area contributed by atoms with Crippen molar-refractivity contribution in [2.75, 3.05) is 20.8 Å². The Morgan fingerprint density at radius 1 is 1.12 bits per heavy atom. The van der Waals surface area contributed by atoms with E-state index in [0.717, 1.165) is 11.1 Å². The second-order valence-electron chi connectivity index (χ2n) is 9.49. The van der Waals surface area contributed by atoms with Crippen LogP contribution in [0.3, 0.4) is 0 Å². The summed E-state index contributed by atoms with van der Waals surface area (Å²) in [5.41, 5.74) is 2.81. The molecule has 1 aromatic heterocycles. The van der Waals surface area contributed by atoms with Gasteiger partial charge >= 0.3 is 5.97 Å². The zero-order valence-electron chi connectivity index (χ0n) is 23.9. The number of nitrogens with zero attached hydrogens (tertiary/aromatic N) is 2. The molecule has 0 bridgehead atoms. The van der Waals surface area contributed by atoms with Crippen LogP contribution in [0.2, 0.25) is 5.02 Å². The molecule has 1 atom stereocenters. The molecule has 0 unspecified atom stereocenters. The monoisotopic (exact) mass is 682 g/mol. The highest BCUT2D eigenvalue weighted by molar-refractivity contribution is 9.10. The van der Waals surface area contributed by atoms with Crippen molar-refractivity contribution in [2.45, 2.75) is 26.5 Å². The van der Waals surface area contributed by atoms with Crippen LogP contribution >= 0.6 is 38.9 Å². The molecule has 0 radical (unpaired) electrons. The highest BCUT2D eigenvalue weighted by atomic mass is 79.9. The number of hydrogen-bond donors (Lipinski definition) is 0. The minimum atomic E-state index is -0.717. The van der Waals surface area contributed by atoms with E-state index in [2.05, 4.69) is 20.9 Å². The molecule has 0 spiro atoms. The Hall–Kier alpha value is -3.86. The number of methoxy groups -OCH3 is 2. The van der Waals surface area contributed by atoms with Crippen LogP contribution in [0.1, 0.15) is 36.6 Å². The third-order valence-corrected chi connectivity index (χ3v) is 8.77. The minimum absolute atomic E-state index is 0.199. The molecular weight excluding hydrogens is 656 g/mol. The fraction of sp³-hybridized carbons (Fsp3) is 0.219. The van der Waals surface area contributed by atoms with Gasteiger partial charge in [-0.05, 0) is 77.3 Å². The van der Waals surface area contributed by atoms with Crippen LogP contribution in [0.15, 0.2) is 86.2 Å². The minimum Gasteiger partial charge on any atom is -0.497 e. The number of carbonyl (C=O) groups excluding carboxylic acids is 1. The van der Waals surface area contributed by atoms with Gasteiger partial charge in [-0.3, -0.25) is 9.36 Å². The van der Waals surface area contributed by atoms with Crippen LogP contribution in [0.4, 0.5) is 0 Å². The highest BCUT2D eigenvalue weighted by Crippen LogP contribution is 2.38. The number of fused-ring (bicyclic) bond motifs is 1. The standard InChI is InChI=1S/C32H28BrClN2O6S/c1-5-41-31(38)27-18(2)35-32-36(28(27)20-10-12-22(39-3)13-11-20)30(37)26(43-32)16-19-14-23(33)29(25(15-19)40-4)42-17-21-8-6-7-9-24(21)34/h6-16,28H,5,17H2,1-4H3/b26-16-/t28-/m0/s1. The smallest absolute Gasteiger partial charge is 0.338 e. The summed E-state index contributed by atoms with van der Waals surface area (Å²) >= 11 is 11.1. The quantitative estimate of drug-likeness (QED) is 0.207. The lowest BCUT2D eigenvalue weighted by atomic mass is 9.96. The van der Waals surface area contributed by atoms with Crippen molar-refractivity contribution >= 4 is 50.9 Å². The van der Waals surface area contributed by atoms with Crippen LogP contribution in [-0.4, -0.2) is 31.4 Å². The zero-order chi connectivity index (χ0) is 30.7. The molecular formula is C32H28BrClN2O6S. The number of allylic oxidation sites excluding steroid dienone is 1. The molecule has 4 aromatic rings. The number of rotatable bonds is 9. The lowest BCUT2D eigenvalue weighted by molar-refractivity contribution is -0.139. The van der Waals surface area contributed by atoms with Gasteiger partial charge in [-0.25, -0.2) is 9.79 Å². The predicted octanol–water partition coefficient (Wildman–Crippen LogP) is 5.81. The number of esters is 1. The van der Waals surface area contributed by atoms with Crippen LogP contribution < -0.4 is 29.1 Å². The SMILES string of the molecule is CCOC(=O)C1=C(C)N=c2s/c(=C\c3cc(Br)c(OCc4ccccc4Cl)c(OC)c3)c(=O)n2[C@H]1c1ccc(OC)cc1. The average molecular weight is 684 g/mol. The van der Waals surface area contributed by atoms with Gasteiger partial charge in [-0.15, -0.1) is 0 Å². The first-order valence-electron chi connectivity index (χ1n) is 13.3. The van der Waals surface area contributed by atoms with Crippen LogP contribution in [0, 0.1) is 0 Å². The summed E-state index contributed by atoms with van der Waals surface area (Å²) in [5.74, 6) is 1.14. The Balaban J connectivity index is 1.58. The van der Waals surface area contributed by atoms with E-state index in [-0.39, 0.29) is 18.8 Å². The van der Waals surface area contributed by atoms with E-state index in [0.29, 0.717) is 52.9 Å². The number of thiazole rings is 1. The molecule has 0 aliphatic carbocycles. The first-order valence-corrected chi connectivity index (χ1v) is 15.3. The predicted molar refractivity (Wildman–Crippen MR) is 170 cm³/mol. The summed E-state index contributed by atoms with van der Waals surface area (Å²) in [7, 11) is 3.13. The lowest BCUT2D eigenvalue weighted by Gasteiger charge is -2.24. The fourth-order valence-electron chi connectivity index (χ4n) is 4.77. The third kappa shape index (κ3) is 6.27. The summed E-state index contributed by atoms with van der Waals surface area (Å²) in [4.78, 5) is 32.2. The third-order valence-electron chi connectivity index (χ3n) is 6.83. The van der Waals surface area contributed by atoms with E-state index in [1.807, 2.05) is 42.5 Å². The van der Waals surface area contributed by atoms with E-state index in [1.54, 1.807) is 56.9 Å². The molecule has 0 saturated carbocycles. The highest BCUT2D eigenvalue weighted by Gasteiger charge is 2.33. The molecule has 11 heteroatoms. The van der Waals surface area contributed by atoms with Crippen molar-refractivity contribution in [3.8, 4) is 17.2 Å². The number of carbonyl (C=O) groups is 1. The van der Waals surface area contributed by atoms with Gasteiger partial charge in [0.15, 0.2) is 16.3 Å². The first kappa shape index (κ1) is 30.6. The summed E-state index contributed by atoms with van der Waals surface area (Å²) < 4.78 is 25.0. The van der Waals surface area contributed by atoms with Gasteiger partial charge in [0.2, 0.25) is 0 Å². The molecule has 0 saturated heterocycles. The van der Waals surface area contributed by atoms with E-state index < -0.39 is 12.0 Å². The Morgan fingerprint density at radius 2 is 1.86 bits per heavy atom. The maximum Gasteiger partial charge on any atom is 0.338 e. The number of ether oxygens (including phenoxy) is 4. The van der Waals surface area contributed by atoms with E-state index in [1.165, 1.54) is 11.3 Å². The molecule has 2 heterocycles. The Labute approximate surface area is 265 Å². The number of halogens is 2. The maximum absolute atomic E-state index is 14.0. The Bertz CT molecular complexity index is 1900. The topological polar surface area (TPSA) is 88.4 Å². The Kier molecular flexibility index (Phi) is 9.39. The van der Waals surface area contributed by atoms with Gasteiger partial charge in [0.05, 0.1) is 47.1 Å². The number of benzene rings is 3. The fourth-order valence-corrected chi connectivity index (χ4v) is 6.58. The normalized spacial score (nSPS) is 14.7. The van der Waals surface area contributed by atoms with Gasteiger partial charge < -0.3 is 18.9 Å². The van der Waals surface area contributed by atoms with Crippen molar-refractivity contribution in [2.24, 2.45) is 4.99 Å². The van der Waals surface area contributed by atoms with Crippen molar-refractivity contribution in [1.82, 2.24) is 4.57 Å². The largest absolute Gasteiger partial charge is 0.497 e. The van der Waals surface area contributed by atoms with E-state index >= 15 is 0 Å². The molecule has 0 fully saturated rings. The van der Waals surface area contributed by atoms with Gasteiger partial charge in [0, 0.05) is 10.6 Å². The number of hydrogen-bond acceptors (Lipinski definition) is 8. The van der Waals surface area contributed by atoms with Crippen molar-refractivity contribution in [3.05, 3.63) is 118 Å². The summed E-state index contributed by atoms with van der Waals surface area (Å²) in [6.45, 7) is 3.94. The summed E-state index contributed by atoms with van der Waals surface area (Å²) in [6.07, 6.45) is 1.77. The second kappa shape index (κ2) is 13.2. The van der Waals surface area contributed by atoms with E-state index in [4.69, 9.17) is 30.5 Å². The van der Waals surface area contributed by atoms with Gasteiger partial charge in [-0.1, -0.05) is 53.3 Å². The zero-order valence-corrected chi connectivity index (χ0v) is 27.0.